The summed E-state index contributed by atoms with van der Waals surface area (Å²) in [6.45, 7) is 0. The Morgan fingerprint density at radius 1 is 1.00 bits per heavy atom. The van der Waals surface area contributed by atoms with E-state index in [9.17, 15) is 4.79 Å². The van der Waals surface area contributed by atoms with Crippen LogP contribution in [-0.2, 0) is 24.7 Å². The van der Waals surface area contributed by atoms with E-state index in [2.05, 4.69) is 25.1 Å². The van der Waals surface area contributed by atoms with Crippen LogP contribution < -0.4 is 0 Å². The standard InChI is InChI=1S/C26H36N6OS/c1-31-24(17-16-23-27-21-14-8-9-15-22(21)28-23)29-30-26(31)34-18-25(33)32(19-10-4-2-5-11-19)20-12-6-3-7-13-20/h8-9,14-15,19-20H,2-7,10-13,16-18H2,1H3,(H,27,28). The number of fused-ring (bicyclic) bond motifs is 1. The molecule has 7 nitrogen and oxygen atoms in total. The van der Waals surface area contributed by atoms with Crippen molar-refractivity contribution < 1.29 is 4.79 Å². The van der Waals surface area contributed by atoms with Gasteiger partial charge in [0.1, 0.15) is 11.6 Å². The van der Waals surface area contributed by atoms with Crippen molar-refractivity contribution in [3.8, 4) is 0 Å². The summed E-state index contributed by atoms with van der Waals surface area (Å²) in [6, 6.07) is 8.95. The Hall–Kier alpha value is -2.35. The van der Waals surface area contributed by atoms with Crippen molar-refractivity contribution in [3.63, 3.8) is 0 Å². The fourth-order valence-electron chi connectivity index (χ4n) is 5.67. The van der Waals surface area contributed by atoms with Gasteiger partial charge in [0.15, 0.2) is 5.16 Å². The highest BCUT2D eigenvalue weighted by molar-refractivity contribution is 7.99. The second kappa shape index (κ2) is 10.9. The van der Waals surface area contributed by atoms with Gasteiger partial charge in [0.2, 0.25) is 5.91 Å². The van der Waals surface area contributed by atoms with E-state index in [-0.39, 0.29) is 5.91 Å². The van der Waals surface area contributed by atoms with Crippen LogP contribution in [0.25, 0.3) is 11.0 Å². The van der Waals surface area contributed by atoms with E-state index < -0.39 is 0 Å². The van der Waals surface area contributed by atoms with Gasteiger partial charge in [-0.15, -0.1) is 10.2 Å². The lowest BCUT2D eigenvalue weighted by atomic mass is 9.88. The molecule has 1 aromatic carbocycles. The van der Waals surface area contributed by atoms with Crippen molar-refractivity contribution in [2.24, 2.45) is 7.05 Å². The van der Waals surface area contributed by atoms with E-state index in [4.69, 9.17) is 0 Å². The minimum absolute atomic E-state index is 0.288. The molecule has 2 aliphatic carbocycles. The lowest BCUT2D eigenvalue weighted by Crippen LogP contribution is -2.49. The van der Waals surface area contributed by atoms with Crippen LogP contribution in [0.2, 0.25) is 0 Å². The molecule has 0 atom stereocenters. The van der Waals surface area contributed by atoms with Crippen molar-refractivity contribution in [1.82, 2.24) is 29.6 Å². The molecule has 182 valence electrons. The van der Waals surface area contributed by atoms with Crippen LogP contribution in [0.5, 0.6) is 0 Å². The monoisotopic (exact) mass is 480 g/mol. The summed E-state index contributed by atoms with van der Waals surface area (Å²) >= 11 is 1.53. The maximum atomic E-state index is 13.5. The molecule has 0 aliphatic heterocycles. The van der Waals surface area contributed by atoms with Crippen LogP contribution in [0.4, 0.5) is 0 Å². The number of nitrogens with zero attached hydrogens (tertiary/aromatic N) is 5. The fourth-order valence-corrected chi connectivity index (χ4v) is 6.47. The summed E-state index contributed by atoms with van der Waals surface area (Å²) in [6.07, 6.45) is 13.9. The first-order valence-electron chi connectivity index (χ1n) is 12.9. The fraction of sp³-hybridized carbons (Fsp3) is 0.615. The Morgan fingerprint density at radius 3 is 2.35 bits per heavy atom. The first-order valence-corrected chi connectivity index (χ1v) is 13.9. The van der Waals surface area contributed by atoms with Gasteiger partial charge in [-0.2, -0.15) is 0 Å². The third-order valence-electron chi connectivity index (χ3n) is 7.50. The topological polar surface area (TPSA) is 79.7 Å². The van der Waals surface area contributed by atoms with Gasteiger partial charge in [-0.1, -0.05) is 62.4 Å². The number of hydrogen-bond acceptors (Lipinski definition) is 5. The van der Waals surface area contributed by atoms with Gasteiger partial charge in [-0.05, 0) is 37.8 Å². The molecule has 0 bridgehead atoms. The zero-order valence-corrected chi connectivity index (χ0v) is 21.0. The zero-order chi connectivity index (χ0) is 23.3. The highest BCUT2D eigenvalue weighted by Gasteiger charge is 2.32. The summed E-state index contributed by atoms with van der Waals surface area (Å²) in [7, 11) is 2.00. The van der Waals surface area contributed by atoms with Crippen LogP contribution in [0, 0.1) is 0 Å². The molecule has 2 fully saturated rings. The number of hydrogen-bond donors (Lipinski definition) is 1. The number of thioether (sulfide) groups is 1. The van der Waals surface area contributed by atoms with Gasteiger partial charge >= 0.3 is 0 Å². The van der Waals surface area contributed by atoms with Crippen LogP contribution >= 0.6 is 11.8 Å². The molecule has 1 amide bonds. The molecular formula is C26H36N6OS. The molecule has 2 aliphatic rings. The number of H-pyrrole nitrogens is 1. The van der Waals surface area contributed by atoms with E-state index in [1.54, 1.807) is 0 Å². The van der Waals surface area contributed by atoms with Gasteiger partial charge < -0.3 is 14.5 Å². The first-order chi connectivity index (χ1) is 16.7. The molecule has 3 aromatic rings. The van der Waals surface area contributed by atoms with Gasteiger partial charge in [0.05, 0.1) is 16.8 Å². The molecule has 5 rings (SSSR count). The Kier molecular flexibility index (Phi) is 7.52. The average molecular weight is 481 g/mol. The lowest BCUT2D eigenvalue weighted by Gasteiger charge is -2.41. The summed E-state index contributed by atoms with van der Waals surface area (Å²) in [5, 5.41) is 9.63. The molecule has 0 radical (unpaired) electrons. The van der Waals surface area contributed by atoms with Crippen LogP contribution in [0.3, 0.4) is 0 Å². The van der Waals surface area contributed by atoms with E-state index in [1.807, 2.05) is 35.9 Å². The summed E-state index contributed by atoms with van der Waals surface area (Å²) in [5.41, 5.74) is 2.05. The minimum atomic E-state index is 0.288. The third kappa shape index (κ3) is 5.32. The van der Waals surface area contributed by atoms with Crippen molar-refractivity contribution >= 4 is 28.7 Å². The number of aryl methyl sites for hydroxylation is 2. The Morgan fingerprint density at radius 2 is 1.68 bits per heavy atom. The highest BCUT2D eigenvalue weighted by atomic mass is 32.2. The second-order valence-electron chi connectivity index (χ2n) is 9.83. The van der Waals surface area contributed by atoms with Crippen molar-refractivity contribution in [2.45, 2.75) is 94.3 Å². The number of carbonyl (C=O) groups excluding carboxylic acids is 1. The quantitative estimate of drug-likeness (QED) is 0.456. The number of benzene rings is 1. The van der Waals surface area contributed by atoms with Gasteiger partial charge in [0, 0.05) is 32.0 Å². The number of nitrogens with one attached hydrogen (secondary N) is 1. The van der Waals surface area contributed by atoms with E-state index in [0.717, 1.165) is 40.7 Å². The van der Waals surface area contributed by atoms with Crippen LogP contribution in [0.15, 0.2) is 29.4 Å². The van der Waals surface area contributed by atoms with Crippen molar-refractivity contribution in [2.75, 3.05) is 5.75 Å². The number of para-hydroxylation sites is 2. The maximum Gasteiger partial charge on any atom is 0.233 e. The van der Waals surface area contributed by atoms with E-state index in [0.29, 0.717) is 17.8 Å². The highest BCUT2D eigenvalue weighted by Crippen LogP contribution is 2.31. The second-order valence-corrected chi connectivity index (χ2v) is 10.8. The third-order valence-corrected chi connectivity index (χ3v) is 8.50. The molecule has 2 aromatic heterocycles. The molecule has 2 heterocycles. The zero-order valence-electron chi connectivity index (χ0n) is 20.2. The van der Waals surface area contributed by atoms with Gasteiger partial charge in [0.25, 0.3) is 0 Å². The number of aromatic amines is 1. The predicted molar refractivity (Wildman–Crippen MR) is 136 cm³/mol. The Balaban J connectivity index is 1.20. The number of rotatable bonds is 8. The molecule has 34 heavy (non-hydrogen) atoms. The normalized spacial score (nSPS) is 17.9. The Labute approximate surface area is 206 Å². The minimum Gasteiger partial charge on any atom is -0.342 e. The molecule has 0 unspecified atom stereocenters. The number of imidazole rings is 1. The molecule has 8 heteroatoms. The molecule has 0 spiro atoms. The number of carbonyl (C=O) groups is 1. The summed E-state index contributed by atoms with van der Waals surface area (Å²) < 4.78 is 2.03. The number of amides is 1. The average Bonchev–Trinajstić information content (AvgIpc) is 3.45. The SMILES string of the molecule is Cn1c(CCc2nc3ccccc3[nH]2)nnc1SCC(=O)N(C1CCCCC1)C1CCCCC1. The lowest BCUT2D eigenvalue weighted by molar-refractivity contribution is -0.135. The van der Waals surface area contributed by atoms with Crippen LogP contribution in [-0.4, -0.2) is 53.4 Å². The van der Waals surface area contributed by atoms with Gasteiger partial charge in [-0.25, -0.2) is 4.98 Å². The predicted octanol–water partition coefficient (Wildman–Crippen LogP) is 5.06. The van der Waals surface area contributed by atoms with E-state index in [1.165, 1.54) is 76.0 Å². The van der Waals surface area contributed by atoms with Gasteiger partial charge in [-0.3, -0.25) is 4.79 Å². The Bertz CT molecular complexity index is 1040. The maximum absolute atomic E-state index is 13.5. The smallest absolute Gasteiger partial charge is 0.233 e. The summed E-state index contributed by atoms with van der Waals surface area (Å²) in [5.74, 6) is 2.62. The van der Waals surface area contributed by atoms with Crippen molar-refractivity contribution in [1.29, 1.82) is 0 Å². The van der Waals surface area contributed by atoms with Crippen molar-refractivity contribution in [3.05, 3.63) is 35.9 Å². The largest absolute Gasteiger partial charge is 0.342 e. The molecule has 2 saturated carbocycles. The van der Waals surface area contributed by atoms with E-state index >= 15 is 0 Å². The molecule has 0 saturated heterocycles. The number of aromatic nitrogens is 5. The summed E-state index contributed by atoms with van der Waals surface area (Å²) in [4.78, 5) is 23.8. The first kappa shape index (κ1) is 23.4. The molecule has 1 N–H and O–H groups in total. The van der Waals surface area contributed by atoms with Crippen LogP contribution in [0.1, 0.15) is 75.9 Å². The molecular weight excluding hydrogens is 444 g/mol.